The van der Waals surface area contributed by atoms with Crippen LogP contribution in [0.25, 0.3) is 16.9 Å². The quantitative estimate of drug-likeness (QED) is 0.592. The van der Waals surface area contributed by atoms with E-state index in [1.165, 1.54) is 0 Å². The first-order chi connectivity index (χ1) is 13.1. The van der Waals surface area contributed by atoms with Crippen molar-refractivity contribution in [2.24, 2.45) is 0 Å². The van der Waals surface area contributed by atoms with Crippen LogP contribution in [-0.2, 0) is 0 Å². The lowest BCUT2D eigenvalue weighted by atomic mass is 10.1. The van der Waals surface area contributed by atoms with E-state index in [0.29, 0.717) is 5.56 Å². The lowest BCUT2D eigenvalue weighted by molar-refractivity contribution is 0.102. The molecule has 0 saturated carbocycles. The van der Waals surface area contributed by atoms with Crippen molar-refractivity contribution >= 4 is 22.9 Å². The summed E-state index contributed by atoms with van der Waals surface area (Å²) in [4.78, 5) is 19.1. The normalized spacial score (nSPS) is 10.7. The van der Waals surface area contributed by atoms with Gasteiger partial charge in [-0.1, -0.05) is 24.3 Å². The van der Waals surface area contributed by atoms with Crippen LogP contribution in [0.15, 0.2) is 79.1 Å². The standard InChI is InChI=1S/C22H20N4O/c1-25(2)19-7-5-6-17(14-19)22(27)23-18-11-9-16(10-12-18)20-15-26-13-4-3-8-21(26)24-20/h3-15H,1-2H3,(H,23,27). The van der Waals surface area contributed by atoms with Gasteiger partial charge in [0.25, 0.3) is 5.91 Å². The Balaban J connectivity index is 1.52. The second-order valence-electron chi connectivity index (χ2n) is 6.57. The summed E-state index contributed by atoms with van der Waals surface area (Å²) in [5, 5.41) is 2.95. The van der Waals surface area contributed by atoms with Crippen LogP contribution in [0.5, 0.6) is 0 Å². The van der Waals surface area contributed by atoms with Gasteiger partial charge in [-0.15, -0.1) is 0 Å². The van der Waals surface area contributed by atoms with Crippen molar-refractivity contribution in [3.05, 3.63) is 84.7 Å². The Labute approximate surface area is 157 Å². The lowest BCUT2D eigenvalue weighted by Gasteiger charge is -2.13. The number of amides is 1. The summed E-state index contributed by atoms with van der Waals surface area (Å²) in [7, 11) is 3.91. The fraction of sp³-hybridized carbons (Fsp3) is 0.0909. The zero-order chi connectivity index (χ0) is 18.8. The van der Waals surface area contributed by atoms with Crippen LogP contribution in [0.3, 0.4) is 0 Å². The summed E-state index contributed by atoms with van der Waals surface area (Å²) < 4.78 is 1.99. The Bertz CT molecular complexity index is 1060. The molecule has 5 nitrogen and oxygen atoms in total. The van der Waals surface area contributed by atoms with Crippen molar-refractivity contribution in [2.75, 3.05) is 24.3 Å². The summed E-state index contributed by atoms with van der Waals surface area (Å²) in [5.41, 5.74) is 5.19. The van der Waals surface area contributed by atoms with Gasteiger partial charge in [-0.25, -0.2) is 4.98 Å². The maximum Gasteiger partial charge on any atom is 0.255 e. The number of imidazole rings is 1. The van der Waals surface area contributed by atoms with E-state index in [0.717, 1.165) is 28.3 Å². The zero-order valence-electron chi connectivity index (χ0n) is 15.3. The average molecular weight is 356 g/mol. The van der Waals surface area contributed by atoms with Gasteiger partial charge in [-0.2, -0.15) is 0 Å². The largest absolute Gasteiger partial charge is 0.378 e. The molecule has 0 aliphatic carbocycles. The van der Waals surface area contributed by atoms with E-state index in [9.17, 15) is 4.79 Å². The number of rotatable bonds is 4. The van der Waals surface area contributed by atoms with Gasteiger partial charge < -0.3 is 14.6 Å². The molecule has 0 spiro atoms. The second kappa shape index (κ2) is 6.96. The van der Waals surface area contributed by atoms with Crippen LogP contribution >= 0.6 is 0 Å². The van der Waals surface area contributed by atoms with Crippen LogP contribution in [0.4, 0.5) is 11.4 Å². The fourth-order valence-corrected chi connectivity index (χ4v) is 2.93. The monoisotopic (exact) mass is 356 g/mol. The number of nitrogens with one attached hydrogen (secondary N) is 1. The summed E-state index contributed by atoms with van der Waals surface area (Å²) in [6.07, 6.45) is 3.97. The number of hydrogen-bond donors (Lipinski definition) is 1. The van der Waals surface area contributed by atoms with Crippen LogP contribution in [0.1, 0.15) is 10.4 Å². The molecule has 5 heteroatoms. The smallest absolute Gasteiger partial charge is 0.255 e. The van der Waals surface area contributed by atoms with Crippen molar-refractivity contribution in [3.8, 4) is 11.3 Å². The van der Waals surface area contributed by atoms with Gasteiger partial charge >= 0.3 is 0 Å². The van der Waals surface area contributed by atoms with Crippen LogP contribution in [0, 0.1) is 0 Å². The average Bonchev–Trinajstić information content (AvgIpc) is 3.13. The number of hydrogen-bond acceptors (Lipinski definition) is 3. The molecule has 0 aliphatic rings. The second-order valence-corrected chi connectivity index (χ2v) is 6.57. The molecule has 0 bridgehead atoms. The highest BCUT2D eigenvalue weighted by Crippen LogP contribution is 2.22. The van der Waals surface area contributed by atoms with Gasteiger partial charge in [0, 0.05) is 49.0 Å². The molecule has 2 aromatic heterocycles. The number of fused-ring (bicyclic) bond motifs is 1. The first-order valence-corrected chi connectivity index (χ1v) is 8.73. The number of anilines is 2. The Kier molecular flexibility index (Phi) is 4.34. The Hall–Kier alpha value is -3.60. The van der Waals surface area contributed by atoms with Crippen molar-refractivity contribution in [1.82, 2.24) is 9.38 Å². The summed E-state index contributed by atoms with van der Waals surface area (Å²) >= 11 is 0. The zero-order valence-corrected chi connectivity index (χ0v) is 15.3. The topological polar surface area (TPSA) is 49.6 Å². The molecule has 4 aromatic rings. The van der Waals surface area contributed by atoms with Crippen molar-refractivity contribution < 1.29 is 4.79 Å². The maximum atomic E-state index is 12.5. The third-order valence-corrected chi connectivity index (χ3v) is 4.43. The Morgan fingerprint density at radius 2 is 1.81 bits per heavy atom. The van der Waals surface area contributed by atoms with E-state index < -0.39 is 0 Å². The molecule has 27 heavy (non-hydrogen) atoms. The highest BCUT2D eigenvalue weighted by molar-refractivity contribution is 6.04. The number of pyridine rings is 1. The number of carbonyl (C=O) groups is 1. The predicted octanol–water partition coefficient (Wildman–Crippen LogP) is 4.32. The van der Waals surface area contributed by atoms with Crippen LogP contribution in [-0.4, -0.2) is 29.4 Å². The molecule has 0 saturated heterocycles. The van der Waals surface area contributed by atoms with Gasteiger partial charge in [0.05, 0.1) is 5.69 Å². The molecular formula is C22H20N4O. The summed E-state index contributed by atoms with van der Waals surface area (Å²) in [5.74, 6) is -0.126. The minimum Gasteiger partial charge on any atom is -0.378 e. The molecule has 0 unspecified atom stereocenters. The highest BCUT2D eigenvalue weighted by atomic mass is 16.1. The van der Waals surface area contributed by atoms with Crippen LogP contribution < -0.4 is 10.2 Å². The van der Waals surface area contributed by atoms with Gasteiger partial charge in [-0.3, -0.25) is 4.79 Å². The van der Waals surface area contributed by atoms with Crippen molar-refractivity contribution in [2.45, 2.75) is 0 Å². The molecule has 2 aromatic carbocycles. The van der Waals surface area contributed by atoms with Gasteiger partial charge in [0.2, 0.25) is 0 Å². The van der Waals surface area contributed by atoms with Gasteiger partial charge in [0.1, 0.15) is 5.65 Å². The van der Waals surface area contributed by atoms with Crippen molar-refractivity contribution in [3.63, 3.8) is 0 Å². The minimum absolute atomic E-state index is 0.126. The molecule has 0 atom stereocenters. The third kappa shape index (κ3) is 3.53. The van der Waals surface area contributed by atoms with E-state index in [1.807, 2.05) is 103 Å². The van der Waals surface area contributed by atoms with Gasteiger partial charge in [0.15, 0.2) is 0 Å². The van der Waals surface area contributed by atoms with E-state index in [4.69, 9.17) is 0 Å². The lowest BCUT2D eigenvalue weighted by Crippen LogP contribution is -2.14. The number of carbonyl (C=O) groups excluding carboxylic acids is 1. The Morgan fingerprint density at radius 1 is 1.00 bits per heavy atom. The summed E-state index contributed by atoms with van der Waals surface area (Å²) in [6.45, 7) is 0. The first-order valence-electron chi connectivity index (χ1n) is 8.73. The molecule has 134 valence electrons. The Morgan fingerprint density at radius 3 is 2.56 bits per heavy atom. The number of aromatic nitrogens is 2. The number of nitrogens with zero attached hydrogens (tertiary/aromatic N) is 3. The van der Waals surface area contributed by atoms with Crippen molar-refractivity contribution in [1.29, 1.82) is 0 Å². The molecule has 1 amide bonds. The van der Waals surface area contributed by atoms with E-state index >= 15 is 0 Å². The maximum absolute atomic E-state index is 12.5. The molecule has 4 rings (SSSR count). The highest BCUT2D eigenvalue weighted by Gasteiger charge is 2.09. The van der Waals surface area contributed by atoms with E-state index in [-0.39, 0.29) is 5.91 Å². The molecule has 0 radical (unpaired) electrons. The van der Waals surface area contributed by atoms with E-state index in [1.54, 1.807) is 0 Å². The first kappa shape index (κ1) is 16.8. The SMILES string of the molecule is CN(C)c1cccc(C(=O)Nc2ccc(-c3cn4ccccc4n3)cc2)c1. The van der Waals surface area contributed by atoms with Crippen LogP contribution in [0.2, 0.25) is 0 Å². The predicted molar refractivity (Wildman–Crippen MR) is 109 cm³/mol. The molecule has 0 aliphatic heterocycles. The minimum atomic E-state index is -0.126. The summed E-state index contributed by atoms with van der Waals surface area (Å²) in [6, 6.07) is 21.2. The molecule has 2 heterocycles. The molecule has 1 N–H and O–H groups in total. The third-order valence-electron chi connectivity index (χ3n) is 4.43. The number of benzene rings is 2. The molecule has 0 fully saturated rings. The van der Waals surface area contributed by atoms with E-state index in [2.05, 4.69) is 10.3 Å². The fourth-order valence-electron chi connectivity index (χ4n) is 2.93. The molecular weight excluding hydrogens is 336 g/mol. The van der Waals surface area contributed by atoms with Gasteiger partial charge in [-0.05, 0) is 42.5 Å².